The molecule has 0 atom stereocenters. The number of benzene rings is 3. The van der Waals surface area contributed by atoms with Crippen LogP contribution in [-0.4, -0.2) is 59.8 Å². The number of nitrogens with one attached hydrogen (secondary N) is 3. The van der Waals surface area contributed by atoms with Gasteiger partial charge in [0.05, 0.1) is 20.7 Å². The van der Waals surface area contributed by atoms with Crippen molar-refractivity contribution in [3.8, 4) is 0 Å². The van der Waals surface area contributed by atoms with Crippen LogP contribution in [0.4, 0.5) is 29.9 Å². The summed E-state index contributed by atoms with van der Waals surface area (Å²) in [5, 5.41) is 9.06. The van der Waals surface area contributed by atoms with Crippen LogP contribution in [0.2, 0.25) is 0 Å². The second kappa shape index (κ2) is 13.0. The minimum atomic E-state index is -4.55. The van der Waals surface area contributed by atoms with E-state index in [2.05, 4.69) is 30.9 Å². The summed E-state index contributed by atoms with van der Waals surface area (Å²) in [6, 6.07) is 16.2. The lowest BCUT2D eigenvalue weighted by Gasteiger charge is -2.26. The average molecular weight is 666 g/mol. The fourth-order valence-corrected chi connectivity index (χ4v) is 7.01. The highest BCUT2D eigenvalue weighted by Gasteiger charge is 2.31. The molecule has 1 amide bonds. The Kier molecular flexibility index (Phi) is 8.82. The molecule has 0 aliphatic carbocycles. The van der Waals surface area contributed by atoms with Crippen LogP contribution in [0.5, 0.6) is 0 Å². The highest BCUT2D eigenvalue weighted by molar-refractivity contribution is 7.89. The smallest absolute Gasteiger partial charge is 0.324 e. The van der Waals surface area contributed by atoms with Gasteiger partial charge in [0.15, 0.2) is 5.13 Å². The minimum Gasteiger partial charge on any atom is -0.324 e. The fourth-order valence-electron chi connectivity index (χ4n) is 4.66. The third kappa shape index (κ3) is 7.23. The molecule has 0 unspecified atom stereocenters. The molecule has 1 aliphatic heterocycles. The van der Waals surface area contributed by atoms with Crippen molar-refractivity contribution in [2.45, 2.75) is 11.1 Å². The second-order valence-electron chi connectivity index (χ2n) is 10.3. The normalized spacial score (nSPS) is 14.5. The van der Waals surface area contributed by atoms with Crippen LogP contribution >= 0.6 is 11.3 Å². The molecule has 236 valence electrons. The first-order chi connectivity index (χ1) is 22.0. The standard InChI is InChI=1S/C31H26F3N7O3S2/c32-31(33,34)23-3-1-2-22(17-23)28(42)40-30-39-26-11-6-20(16-27(26)45-30)4-5-21-18-36-29(37-19-21)38-24-7-9-25(10-8-24)46(43,44)41-14-12-35-13-15-41/h1-11,16-19,35H,12-15H2,(H,36,37,38)(H,39,40,42)/b5-4+. The number of aromatic nitrogens is 3. The van der Waals surface area contributed by atoms with Crippen molar-refractivity contribution in [1.82, 2.24) is 24.6 Å². The van der Waals surface area contributed by atoms with E-state index in [1.807, 2.05) is 24.3 Å². The Balaban J connectivity index is 1.07. The van der Waals surface area contributed by atoms with Crippen LogP contribution in [0, 0.1) is 0 Å². The molecule has 46 heavy (non-hydrogen) atoms. The van der Waals surface area contributed by atoms with Crippen molar-refractivity contribution in [3.63, 3.8) is 0 Å². The maximum Gasteiger partial charge on any atom is 0.416 e. The highest BCUT2D eigenvalue weighted by atomic mass is 32.2. The largest absolute Gasteiger partial charge is 0.416 e. The van der Waals surface area contributed by atoms with Gasteiger partial charge in [0, 0.05) is 55.4 Å². The van der Waals surface area contributed by atoms with Gasteiger partial charge in [0.2, 0.25) is 16.0 Å². The topological polar surface area (TPSA) is 129 Å². The molecule has 0 saturated carbocycles. The molecular weight excluding hydrogens is 640 g/mol. The minimum absolute atomic E-state index is 0.115. The van der Waals surface area contributed by atoms with E-state index in [0.29, 0.717) is 43.3 Å². The van der Waals surface area contributed by atoms with Gasteiger partial charge in [-0.25, -0.2) is 23.4 Å². The van der Waals surface area contributed by atoms with E-state index in [4.69, 9.17) is 0 Å². The van der Waals surface area contributed by atoms with Crippen molar-refractivity contribution in [3.05, 3.63) is 101 Å². The number of alkyl halides is 3. The van der Waals surface area contributed by atoms with Gasteiger partial charge in [0.1, 0.15) is 0 Å². The molecule has 1 aliphatic rings. The van der Waals surface area contributed by atoms with Crippen LogP contribution in [0.15, 0.2) is 84.0 Å². The average Bonchev–Trinajstić information content (AvgIpc) is 3.46. The maximum atomic E-state index is 13.0. The van der Waals surface area contributed by atoms with Crippen LogP contribution in [0.3, 0.4) is 0 Å². The maximum absolute atomic E-state index is 13.0. The number of nitrogens with zero attached hydrogens (tertiary/aromatic N) is 4. The summed E-state index contributed by atoms with van der Waals surface area (Å²) in [6.07, 6.45) is 2.43. The quantitative estimate of drug-likeness (QED) is 0.188. The van der Waals surface area contributed by atoms with E-state index in [1.54, 1.807) is 42.7 Å². The third-order valence-corrected chi connectivity index (χ3v) is 9.90. The van der Waals surface area contributed by atoms with Crippen molar-refractivity contribution in [1.29, 1.82) is 0 Å². The predicted octanol–water partition coefficient (Wildman–Crippen LogP) is 5.87. The molecule has 2 aromatic heterocycles. The number of hydrogen-bond donors (Lipinski definition) is 3. The van der Waals surface area contributed by atoms with Crippen LogP contribution in [0.1, 0.15) is 27.0 Å². The third-order valence-electron chi connectivity index (χ3n) is 7.05. The number of halogens is 3. The van der Waals surface area contributed by atoms with E-state index in [1.165, 1.54) is 27.8 Å². The lowest BCUT2D eigenvalue weighted by Crippen LogP contribution is -2.46. The zero-order valence-corrected chi connectivity index (χ0v) is 25.6. The molecule has 3 heterocycles. The number of piperazine rings is 1. The van der Waals surface area contributed by atoms with Crippen LogP contribution < -0.4 is 16.0 Å². The molecule has 0 bridgehead atoms. The molecule has 0 spiro atoms. The number of anilines is 3. The van der Waals surface area contributed by atoms with E-state index in [-0.39, 0.29) is 15.6 Å². The lowest BCUT2D eigenvalue weighted by molar-refractivity contribution is -0.137. The summed E-state index contributed by atoms with van der Waals surface area (Å²) in [5.74, 6) is -0.334. The van der Waals surface area contributed by atoms with Gasteiger partial charge in [-0.2, -0.15) is 17.5 Å². The molecule has 15 heteroatoms. The first kappa shape index (κ1) is 31.3. The van der Waals surface area contributed by atoms with Crippen molar-refractivity contribution < 1.29 is 26.4 Å². The second-order valence-corrected chi connectivity index (χ2v) is 13.2. The number of fused-ring (bicyclic) bond motifs is 1. The lowest BCUT2D eigenvalue weighted by atomic mass is 10.1. The van der Waals surface area contributed by atoms with Gasteiger partial charge in [-0.1, -0.05) is 35.6 Å². The Morgan fingerprint density at radius 3 is 2.37 bits per heavy atom. The van der Waals surface area contributed by atoms with Gasteiger partial charge in [0.25, 0.3) is 5.91 Å². The van der Waals surface area contributed by atoms with E-state index >= 15 is 0 Å². The Bertz CT molecular complexity index is 2010. The zero-order chi connectivity index (χ0) is 32.3. The number of amides is 1. The van der Waals surface area contributed by atoms with Gasteiger partial charge >= 0.3 is 6.18 Å². The summed E-state index contributed by atoms with van der Waals surface area (Å²) >= 11 is 1.21. The van der Waals surface area contributed by atoms with Crippen LogP contribution in [-0.2, 0) is 16.2 Å². The van der Waals surface area contributed by atoms with E-state index in [0.717, 1.165) is 28.0 Å². The first-order valence-corrected chi connectivity index (χ1v) is 16.3. The molecule has 0 radical (unpaired) electrons. The number of thiazole rings is 1. The Morgan fingerprint density at radius 1 is 0.935 bits per heavy atom. The molecule has 10 nitrogen and oxygen atoms in total. The zero-order valence-electron chi connectivity index (χ0n) is 24.0. The molecule has 1 saturated heterocycles. The number of hydrogen-bond acceptors (Lipinski definition) is 9. The Labute approximate surface area is 266 Å². The van der Waals surface area contributed by atoms with Gasteiger partial charge in [-0.15, -0.1) is 0 Å². The molecule has 6 rings (SSSR count). The predicted molar refractivity (Wildman–Crippen MR) is 171 cm³/mol. The Morgan fingerprint density at radius 2 is 1.65 bits per heavy atom. The van der Waals surface area contributed by atoms with Crippen LogP contribution in [0.25, 0.3) is 22.4 Å². The summed E-state index contributed by atoms with van der Waals surface area (Å²) in [4.78, 5) is 25.8. The molecule has 5 aromatic rings. The fraction of sp³-hybridized carbons (Fsp3) is 0.161. The number of rotatable bonds is 8. The van der Waals surface area contributed by atoms with E-state index in [9.17, 15) is 26.4 Å². The molecule has 3 aromatic carbocycles. The monoisotopic (exact) mass is 665 g/mol. The Hall–Kier alpha value is -4.70. The molecular formula is C31H26F3N7O3S2. The van der Waals surface area contributed by atoms with Crippen molar-refractivity contribution in [2.24, 2.45) is 0 Å². The van der Waals surface area contributed by atoms with Crippen molar-refractivity contribution >= 4 is 66.4 Å². The molecule has 1 fully saturated rings. The summed E-state index contributed by atoms with van der Waals surface area (Å²) in [6.45, 7) is 2.13. The van der Waals surface area contributed by atoms with Gasteiger partial charge in [-0.05, 0) is 60.2 Å². The summed E-state index contributed by atoms with van der Waals surface area (Å²) in [5.41, 5.74) is 1.85. The first-order valence-electron chi connectivity index (χ1n) is 14.0. The van der Waals surface area contributed by atoms with Crippen molar-refractivity contribution in [2.75, 3.05) is 36.8 Å². The SMILES string of the molecule is O=C(Nc1nc2ccc(/C=C/c3cnc(Nc4ccc(S(=O)(=O)N5CCNCC5)cc4)nc3)cc2s1)c1cccc(C(F)(F)F)c1. The van der Waals surface area contributed by atoms with Gasteiger partial charge in [-0.3, -0.25) is 10.1 Å². The highest BCUT2D eigenvalue weighted by Crippen LogP contribution is 2.31. The molecule has 3 N–H and O–H groups in total. The number of carbonyl (C=O) groups is 1. The number of carbonyl (C=O) groups excluding carboxylic acids is 1. The summed E-state index contributed by atoms with van der Waals surface area (Å²) in [7, 11) is -3.54. The number of sulfonamides is 1. The van der Waals surface area contributed by atoms with E-state index < -0.39 is 27.7 Å². The summed E-state index contributed by atoms with van der Waals surface area (Å²) < 4.78 is 67.0. The van der Waals surface area contributed by atoms with Gasteiger partial charge < -0.3 is 10.6 Å².